The van der Waals surface area contributed by atoms with E-state index in [2.05, 4.69) is 25.9 Å². The van der Waals surface area contributed by atoms with Gasteiger partial charge in [-0.05, 0) is 133 Å². The van der Waals surface area contributed by atoms with Crippen LogP contribution in [0.15, 0.2) is 48.5 Å². The van der Waals surface area contributed by atoms with Gasteiger partial charge in [0.05, 0.1) is 17.7 Å². The van der Waals surface area contributed by atoms with Crippen LogP contribution < -0.4 is 10.6 Å². The molecule has 1 aliphatic heterocycles. The molecule has 2 aromatic carbocycles. The first-order chi connectivity index (χ1) is 26.4. The molecule has 4 aromatic rings. The van der Waals surface area contributed by atoms with Crippen molar-refractivity contribution in [2.75, 3.05) is 25.6 Å². The third-order valence-corrected chi connectivity index (χ3v) is 11.9. The summed E-state index contributed by atoms with van der Waals surface area (Å²) in [5.41, 5.74) is 2.16. The highest BCUT2D eigenvalue weighted by molar-refractivity contribution is 6.04. The smallest absolute Gasteiger partial charge is 0.407 e. The predicted octanol–water partition coefficient (Wildman–Crippen LogP) is 6.63. The third kappa shape index (κ3) is 8.39. The van der Waals surface area contributed by atoms with E-state index in [-0.39, 0.29) is 47.5 Å². The lowest BCUT2D eigenvalue weighted by Gasteiger charge is -2.38. The van der Waals surface area contributed by atoms with Gasteiger partial charge >= 0.3 is 6.09 Å². The van der Waals surface area contributed by atoms with Crippen molar-refractivity contribution >= 4 is 51.4 Å². The largest absolute Gasteiger partial charge is 0.444 e. The average Bonchev–Trinajstić information content (AvgIpc) is 3.93. The molecule has 3 atom stereocenters. The molecule has 3 aliphatic rings. The molecular weight excluding hydrogens is 705 g/mol. The second-order valence-electron chi connectivity index (χ2n) is 16.5. The number of fused-ring (bicyclic) bond motifs is 2. The molecule has 14 heteroatoms. The molecule has 0 spiro atoms. The van der Waals surface area contributed by atoms with Gasteiger partial charge in [0.1, 0.15) is 29.5 Å². The zero-order valence-electron chi connectivity index (χ0n) is 32.1. The first-order valence-corrected chi connectivity index (χ1v) is 19.6. The number of alkyl halides is 1. The number of hydrogen-bond acceptors (Lipinski definition) is 8. The van der Waals surface area contributed by atoms with Gasteiger partial charge < -0.3 is 30.0 Å². The average molecular weight is 758 g/mol. The Labute approximate surface area is 320 Å². The Kier molecular flexibility index (Phi) is 11.2. The van der Waals surface area contributed by atoms with Crippen LogP contribution in [0.4, 0.5) is 14.9 Å². The van der Waals surface area contributed by atoms with E-state index in [4.69, 9.17) is 9.47 Å². The maximum Gasteiger partial charge on any atom is 0.407 e. The van der Waals surface area contributed by atoms with Gasteiger partial charge in [-0.1, -0.05) is 17.3 Å². The number of nitrogens with zero attached hydrogens (tertiary/aromatic N) is 4. The fourth-order valence-electron chi connectivity index (χ4n) is 9.06. The first kappa shape index (κ1) is 38.4. The quantitative estimate of drug-likeness (QED) is 0.172. The van der Waals surface area contributed by atoms with Crippen molar-refractivity contribution in [1.82, 2.24) is 30.2 Å². The van der Waals surface area contributed by atoms with Crippen molar-refractivity contribution in [3.63, 3.8) is 0 Å². The summed E-state index contributed by atoms with van der Waals surface area (Å²) in [5.74, 6) is -0.720. The number of nitrogens with one attached hydrogen (secondary N) is 3. The summed E-state index contributed by atoms with van der Waals surface area (Å²) in [5, 5.41) is 14.7. The normalized spacial score (nSPS) is 25.1. The standard InChI is InChI=1S/C41H52FN7O6/c1-41(2,3)55-40(53)45-34(23-42)25-9-11-26(12-10-25)38(51)48-20-19-30(24-13-16-29(54-4)17-14-24)36(48)37(50)43-28-15-18-31-27(21-28)22-33(44-31)39(52)49-35-8-6-5-7-32(35)46-47-49/h5-8,15,18,21-22,24-26,29-30,34,36,44H,9-14,16-17,19-20,23H2,1-4H3,(H,43,50)(H,45,53)/t24?,25?,26?,29?,30-,34+,36-/m0/s1. The number of halogens is 1. The van der Waals surface area contributed by atoms with E-state index in [0.29, 0.717) is 54.6 Å². The Morgan fingerprint density at radius 1 is 0.964 bits per heavy atom. The molecule has 3 heterocycles. The van der Waals surface area contributed by atoms with E-state index in [1.807, 2.05) is 24.3 Å². The van der Waals surface area contributed by atoms with Crippen molar-refractivity contribution in [1.29, 1.82) is 0 Å². The molecule has 294 valence electrons. The van der Waals surface area contributed by atoms with Crippen LogP contribution in [0, 0.1) is 23.7 Å². The lowest BCUT2D eigenvalue weighted by molar-refractivity contribution is -0.142. The van der Waals surface area contributed by atoms with Crippen molar-refractivity contribution in [2.24, 2.45) is 23.7 Å². The van der Waals surface area contributed by atoms with Crippen molar-refractivity contribution < 1.29 is 33.0 Å². The van der Waals surface area contributed by atoms with Crippen LogP contribution >= 0.6 is 0 Å². The number of alkyl carbamates (subject to hydrolysis) is 1. The zero-order valence-corrected chi connectivity index (χ0v) is 32.1. The molecule has 2 saturated carbocycles. The second-order valence-corrected chi connectivity index (χ2v) is 16.5. The number of methoxy groups -OCH3 is 1. The number of H-pyrrole nitrogens is 1. The van der Waals surface area contributed by atoms with Gasteiger partial charge in [0.15, 0.2) is 0 Å². The second kappa shape index (κ2) is 16.1. The van der Waals surface area contributed by atoms with Gasteiger partial charge in [-0.2, -0.15) is 4.68 Å². The Bertz CT molecular complexity index is 2020. The maximum absolute atomic E-state index is 14.4. The highest BCUT2D eigenvalue weighted by Gasteiger charge is 2.47. The van der Waals surface area contributed by atoms with Crippen LogP contribution in [0.3, 0.4) is 0 Å². The van der Waals surface area contributed by atoms with Crippen LogP contribution in [-0.4, -0.2) is 92.8 Å². The molecule has 3 fully saturated rings. The van der Waals surface area contributed by atoms with Crippen molar-refractivity contribution in [3.05, 3.63) is 54.2 Å². The van der Waals surface area contributed by atoms with E-state index in [0.717, 1.165) is 43.0 Å². The summed E-state index contributed by atoms with van der Waals surface area (Å²) in [6, 6.07) is 13.1. The Morgan fingerprint density at radius 3 is 2.42 bits per heavy atom. The fourth-order valence-corrected chi connectivity index (χ4v) is 9.06. The fraction of sp³-hybridized carbons (Fsp3) is 0.561. The van der Waals surface area contributed by atoms with E-state index < -0.39 is 30.5 Å². The van der Waals surface area contributed by atoms with Gasteiger partial charge in [0.2, 0.25) is 11.8 Å². The van der Waals surface area contributed by atoms with E-state index >= 15 is 0 Å². The maximum atomic E-state index is 14.4. The van der Waals surface area contributed by atoms with Gasteiger partial charge in [-0.3, -0.25) is 14.4 Å². The van der Waals surface area contributed by atoms with Crippen LogP contribution in [0.5, 0.6) is 0 Å². The van der Waals surface area contributed by atoms with Gasteiger partial charge in [-0.15, -0.1) is 5.10 Å². The number of hydrogen-bond donors (Lipinski definition) is 3. The van der Waals surface area contributed by atoms with E-state index in [1.54, 1.807) is 57.0 Å². The number of amides is 3. The molecule has 1 saturated heterocycles. The van der Waals surface area contributed by atoms with Gasteiger partial charge in [0.25, 0.3) is 5.91 Å². The summed E-state index contributed by atoms with van der Waals surface area (Å²) >= 11 is 0. The summed E-state index contributed by atoms with van der Waals surface area (Å²) < 4.78 is 26.4. The molecule has 3 amide bonds. The summed E-state index contributed by atoms with van der Waals surface area (Å²) in [7, 11) is 1.74. The van der Waals surface area contributed by atoms with Crippen molar-refractivity contribution in [3.8, 4) is 0 Å². The lowest BCUT2D eigenvalue weighted by Crippen LogP contribution is -2.50. The lowest BCUT2D eigenvalue weighted by atomic mass is 9.75. The topological polar surface area (TPSA) is 161 Å². The summed E-state index contributed by atoms with van der Waals surface area (Å²) in [6.07, 6.45) is 6.31. The molecular formula is C41H52FN7O6. The van der Waals surface area contributed by atoms with Gasteiger partial charge in [0, 0.05) is 36.2 Å². The number of para-hydroxylation sites is 1. The molecule has 3 N–H and O–H groups in total. The van der Waals surface area contributed by atoms with Crippen molar-refractivity contribution in [2.45, 2.75) is 102 Å². The van der Waals surface area contributed by atoms with Gasteiger partial charge in [-0.25, -0.2) is 9.18 Å². The number of anilines is 1. The number of rotatable bonds is 9. The van der Waals surface area contributed by atoms with E-state index in [1.165, 1.54) is 4.68 Å². The third-order valence-electron chi connectivity index (χ3n) is 11.9. The minimum atomic E-state index is -0.713. The molecule has 13 nitrogen and oxygen atoms in total. The SMILES string of the molecule is COC1CCC([C@@H]2CCN(C(=O)C3CCC([C@@H](CF)NC(=O)OC(C)(C)C)CC3)[C@@H]2C(=O)Nc2ccc3[nH]c(C(=O)n4nnc5ccccc54)cc3c2)CC1. The Balaban J connectivity index is 1.05. The number of aromatic nitrogens is 4. The predicted molar refractivity (Wildman–Crippen MR) is 205 cm³/mol. The van der Waals surface area contributed by atoms with Crippen LogP contribution in [0.2, 0.25) is 0 Å². The molecule has 0 radical (unpaired) electrons. The number of likely N-dealkylation sites (tertiary alicyclic amines) is 1. The summed E-state index contributed by atoms with van der Waals surface area (Å²) in [4.78, 5) is 59.5. The van der Waals surface area contributed by atoms with Crippen LogP contribution in [0.25, 0.3) is 21.9 Å². The Hall–Kier alpha value is -4.85. The Morgan fingerprint density at radius 2 is 1.71 bits per heavy atom. The molecule has 0 unspecified atom stereocenters. The molecule has 55 heavy (non-hydrogen) atoms. The summed E-state index contributed by atoms with van der Waals surface area (Å²) in [6.45, 7) is 5.07. The first-order valence-electron chi connectivity index (χ1n) is 19.6. The zero-order chi connectivity index (χ0) is 38.9. The molecule has 2 aromatic heterocycles. The number of aromatic amines is 1. The number of carbonyl (C=O) groups is 4. The number of ether oxygens (including phenoxy) is 2. The minimum Gasteiger partial charge on any atom is -0.444 e. The number of carbonyl (C=O) groups excluding carboxylic acids is 4. The van der Waals surface area contributed by atoms with Crippen LogP contribution in [0.1, 0.15) is 89.0 Å². The molecule has 2 aliphatic carbocycles. The monoisotopic (exact) mass is 757 g/mol. The highest BCUT2D eigenvalue weighted by atomic mass is 19.1. The van der Waals surface area contributed by atoms with E-state index in [9.17, 15) is 23.6 Å². The van der Waals surface area contributed by atoms with Crippen LogP contribution in [-0.2, 0) is 19.1 Å². The molecule has 7 rings (SSSR count). The highest BCUT2D eigenvalue weighted by Crippen LogP contribution is 2.42. The minimum absolute atomic E-state index is 0.00441. The molecule has 0 bridgehead atoms. The number of benzene rings is 2.